The fourth-order valence-corrected chi connectivity index (χ4v) is 4.74. The molecule has 0 radical (unpaired) electrons. The monoisotopic (exact) mass is 431 g/mol. The first-order valence-corrected chi connectivity index (χ1v) is 9.79. The minimum absolute atomic E-state index is 0.0258. The van der Waals surface area contributed by atoms with Crippen molar-refractivity contribution >= 4 is 49.7 Å². The molecule has 0 saturated heterocycles. The van der Waals surface area contributed by atoms with E-state index in [9.17, 15) is 15.2 Å². The van der Waals surface area contributed by atoms with Gasteiger partial charge in [0.1, 0.15) is 27.2 Å². The van der Waals surface area contributed by atoms with Gasteiger partial charge in [-0.1, -0.05) is 16.8 Å². The van der Waals surface area contributed by atoms with Gasteiger partial charge in [-0.15, -0.1) is 11.3 Å². The van der Waals surface area contributed by atoms with Gasteiger partial charge in [0.2, 0.25) is 0 Å². The number of rotatable bonds is 3. The number of aromatic nitrogens is 4. The molecule has 1 aromatic carbocycles. The number of anilines is 2. The Morgan fingerprint density at radius 3 is 2.87 bits per heavy atom. The molecule has 152 valence electrons. The number of nitrogens with two attached hydrogens (primary N) is 2. The Bertz CT molecular complexity index is 1550. The van der Waals surface area contributed by atoms with Crippen LogP contribution in [0.1, 0.15) is 20.9 Å². The van der Waals surface area contributed by atoms with E-state index in [0.717, 1.165) is 32.5 Å². The Hall–Kier alpha value is -4.43. The van der Waals surface area contributed by atoms with Crippen molar-refractivity contribution in [2.75, 3.05) is 11.5 Å². The number of H-pyrrole nitrogens is 1. The summed E-state index contributed by atoms with van der Waals surface area (Å²) in [4.78, 5) is 21.0. The number of hydrogen-bond donors (Lipinski definition) is 3. The smallest absolute Gasteiger partial charge is 0.305 e. The maximum absolute atomic E-state index is 13.1. The zero-order valence-corrected chi connectivity index (χ0v) is 16.8. The number of aryl methyl sites for hydroxylation is 1. The van der Waals surface area contributed by atoms with Crippen LogP contribution in [0.4, 0.5) is 11.5 Å². The molecule has 0 amide bonds. The van der Waals surface area contributed by atoms with Gasteiger partial charge < -0.3 is 26.1 Å². The maximum Gasteiger partial charge on any atom is 0.305 e. The van der Waals surface area contributed by atoms with Crippen LogP contribution in [0.5, 0.6) is 5.95 Å². The molecule has 5 N–H and O–H groups in total. The van der Waals surface area contributed by atoms with E-state index in [1.807, 2.05) is 24.3 Å². The highest BCUT2D eigenvalue weighted by molar-refractivity contribution is 7.21. The molecule has 5 aromatic rings. The van der Waals surface area contributed by atoms with Crippen molar-refractivity contribution in [1.29, 1.82) is 5.26 Å². The lowest BCUT2D eigenvalue weighted by atomic mass is 9.94. The molecule has 5 rings (SSSR count). The van der Waals surface area contributed by atoms with E-state index in [4.69, 9.17) is 11.5 Å². The zero-order chi connectivity index (χ0) is 21.9. The zero-order valence-electron chi connectivity index (χ0n) is 16.0. The summed E-state index contributed by atoms with van der Waals surface area (Å²) in [7, 11) is 1.42. The number of fused-ring (bicyclic) bond motifs is 2. The van der Waals surface area contributed by atoms with Crippen molar-refractivity contribution in [3.63, 3.8) is 0 Å². The lowest BCUT2D eigenvalue weighted by Crippen LogP contribution is -2.37. The standard InChI is InChI=1S/C20H13N7O3S/c1-27-15(20(29)30-26-27)16(28)17-14(22)13-12(10(7-21)18(23)25-19(13)31-17)9-3-2-4-11-8(9)5-6-24-11/h2-6H,1H3,(H5-,22,23,24,25,26,28,29). The number of nitriles is 1. The van der Waals surface area contributed by atoms with E-state index in [1.165, 1.54) is 7.05 Å². The molecular formula is C20H13N7O3S. The highest BCUT2D eigenvalue weighted by Gasteiger charge is 2.31. The average Bonchev–Trinajstić information content (AvgIpc) is 3.44. The summed E-state index contributed by atoms with van der Waals surface area (Å²) < 4.78 is 5.61. The van der Waals surface area contributed by atoms with Gasteiger partial charge >= 0.3 is 5.69 Å². The number of thiophene rings is 1. The summed E-state index contributed by atoms with van der Waals surface area (Å²) in [6.07, 6.45) is 1.79. The first-order valence-electron chi connectivity index (χ1n) is 8.98. The Balaban J connectivity index is 1.87. The Kier molecular flexibility index (Phi) is 3.92. The first kappa shape index (κ1) is 18.6. The van der Waals surface area contributed by atoms with Crippen LogP contribution in [0.25, 0.3) is 32.2 Å². The number of ketones is 1. The summed E-state index contributed by atoms with van der Waals surface area (Å²) in [6.45, 7) is 0. The fraction of sp³-hybridized carbons (Fsp3) is 0.0500. The predicted molar refractivity (Wildman–Crippen MR) is 111 cm³/mol. The van der Waals surface area contributed by atoms with Gasteiger partial charge in [-0.05, 0) is 17.7 Å². The van der Waals surface area contributed by atoms with Crippen LogP contribution in [0.15, 0.2) is 35.0 Å². The second-order valence-corrected chi connectivity index (χ2v) is 7.79. The van der Waals surface area contributed by atoms with Gasteiger partial charge in [0.25, 0.3) is 5.78 Å². The highest BCUT2D eigenvalue weighted by atomic mass is 32.1. The van der Waals surface area contributed by atoms with Crippen LogP contribution >= 0.6 is 11.3 Å². The first-order chi connectivity index (χ1) is 14.9. The molecule has 4 heterocycles. The lowest BCUT2D eigenvalue weighted by Gasteiger charge is -2.11. The van der Waals surface area contributed by atoms with Crippen LogP contribution in [0.2, 0.25) is 0 Å². The largest absolute Gasteiger partial charge is 0.539 e. The summed E-state index contributed by atoms with van der Waals surface area (Å²) >= 11 is 0.993. The molecule has 0 bridgehead atoms. The van der Waals surface area contributed by atoms with E-state index in [0.29, 0.717) is 15.8 Å². The van der Waals surface area contributed by atoms with Crippen molar-refractivity contribution in [2.24, 2.45) is 7.05 Å². The van der Waals surface area contributed by atoms with Gasteiger partial charge in [-0.2, -0.15) is 5.26 Å². The molecule has 0 spiro atoms. The van der Waals surface area contributed by atoms with Crippen LogP contribution < -0.4 is 21.3 Å². The quantitative estimate of drug-likeness (QED) is 0.285. The molecule has 11 heteroatoms. The molecule has 0 saturated carbocycles. The lowest BCUT2D eigenvalue weighted by molar-refractivity contribution is -0.741. The minimum atomic E-state index is -0.869. The van der Waals surface area contributed by atoms with E-state index in [2.05, 4.69) is 25.8 Å². The number of carbonyl (C=O) groups is 1. The van der Waals surface area contributed by atoms with Gasteiger partial charge in [0.05, 0.1) is 11.0 Å². The molecule has 0 fully saturated rings. The van der Waals surface area contributed by atoms with E-state index >= 15 is 0 Å². The Morgan fingerprint density at radius 2 is 2.16 bits per heavy atom. The number of nitrogens with one attached hydrogen (secondary N) is 1. The molecule has 0 atom stereocenters. The van der Waals surface area contributed by atoms with Crippen molar-refractivity contribution in [1.82, 2.24) is 15.2 Å². The normalized spacial score (nSPS) is 11.2. The summed E-state index contributed by atoms with van der Waals surface area (Å²) in [6, 6.07) is 9.58. The van der Waals surface area contributed by atoms with Crippen molar-refractivity contribution in [3.8, 4) is 23.1 Å². The van der Waals surface area contributed by atoms with Gasteiger partial charge in [-0.3, -0.25) is 4.79 Å². The van der Waals surface area contributed by atoms with Gasteiger partial charge in [0.15, 0.2) is 13.0 Å². The number of nitrogens with zero attached hydrogens (tertiary/aromatic N) is 4. The van der Waals surface area contributed by atoms with Crippen molar-refractivity contribution < 1.29 is 19.1 Å². The summed E-state index contributed by atoms with van der Waals surface area (Å²) in [5.74, 6) is -1.48. The predicted octanol–water partition coefficient (Wildman–Crippen LogP) is 1.60. The number of hydrogen-bond acceptors (Lipinski definition) is 9. The third kappa shape index (κ3) is 2.55. The summed E-state index contributed by atoms with van der Waals surface area (Å²) in [5, 5.41) is 26.5. The van der Waals surface area contributed by atoms with Gasteiger partial charge in [-0.25, -0.2) is 4.98 Å². The SMILES string of the molecule is C[n+]1noc([O-])c1C(=O)c1sc2nc(N)c(C#N)c(-c3cccc4[nH]ccc34)c2c1N. The third-order valence-electron chi connectivity index (χ3n) is 5.07. The number of aromatic amines is 1. The van der Waals surface area contributed by atoms with E-state index in [-0.39, 0.29) is 27.6 Å². The van der Waals surface area contributed by atoms with E-state index < -0.39 is 11.7 Å². The molecule has 4 aromatic heterocycles. The summed E-state index contributed by atoms with van der Waals surface area (Å²) in [5.41, 5.74) is 14.6. The van der Waals surface area contributed by atoms with Crippen LogP contribution in [-0.4, -0.2) is 21.0 Å². The van der Waals surface area contributed by atoms with Crippen molar-refractivity contribution in [2.45, 2.75) is 0 Å². The molecule has 0 aliphatic rings. The van der Waals surface area contributed by atoms with Crippen molar-refractivity contribution in [3.05, 3.63) is 46.6 Å². The molecule has 0 aliphatic carbocycles. The number of nitrogen functional groups attached to an aromatic ring is 2. The number of carbonyl (C=O) groups excluding carboxylic acids is 1. The molecular weight excluding hydrogens is 418 g/mol. The third-order valence-corrected chi connectivity index (χ3v) is 6.16. The van der Waals surface area contributed by atoms with Crippen LogP contribution in [0, 0.1) is 11.3 Å². The van der Waals surface area contributed by atoms with Crippen LogP contribution in [-0.2, 0) is 7.05 Å². The molecule has 10 nitrogen and oxygen atoms in total. The maximum atomic E-state index is 13.1. The molecule has 0 unspecified atom stereocenters. The molecule has 31 heavy (non-hydrogen) atoms. The van der Waals surface area contributed by atoms with Crippen LogP contribution in [0.3, 0.4) is 0 Å². The number of benzene rings is 1. The fourth-order valence-electron chi connectivity index (χ4n) is 3.69. The second kappa shape index (κ2) is 6.54. The minimum Gasteiger partial charge on any atom is -0.539 e. The average molecular weight is 431 g/mol. The Labute approximate surface area is 177 Å². The molecule has 0 aliphatic heterocycles. The Morgan fingerprint density at radius 1 is 1.35 bits per heavy atom. The second-order valence-electron chi connectivity index (χ2n) is 6.79. The van der Waals surface area contributed by atoms with E-state index in [1.54, 1.807) is 6.20 Å². The van der Waals surface area contributed by atoms with Gasteiger partial charge in [0, 0.05) is 28.0 Å². The highest BCUT2D eigenvalue weighted by Crippen LogP contribution is 2.44. The number of pyridine rings is 1. The topological polar surface area (TPSA) is 175 Å².